The van der Waals surface area contributed by atoms with Crippen LogP contribution in [0.1, 0.15) is 10.4 Å². The van der Waals surface area contributed by atoms with Gasteiger partial charge in [-0.15, -0.1) is 11.3 Å². The van der Waals surface area contributed by atoms with Crippen LogP contribution in [0.25, 0.3) is 0 Å². The summed E-state index contributed by atoms with van der Waals surface area (Å²) in [5, 5.41) is 5.48. The maximum atomic E-state index is 11.4. The number of rotatable bonds is 3. The van der Waals surface area contributed by atoms with Crippen molar-refractivity contribution in [1.82, 2.24) is 9.97 Å². The number of hydrogen-bond donors (Lipinski definition) is 1. The first kappa shape index (κ1) is 10.6. The Hall–Kier alpha value is -1.95. The number of anilines is 2. The maximum absolute atomic E-state index is 11.4. The first-order valence-corrected chi connectivity index (χ1v) is 5.39. The van der Waals surface area contributed by atoms with Gasteiger partial charge in [0.2, 0.25) is 0 Å². The van der Waals surface area contributed by atoms with Crippen LogP contribution in [0.5, 0.6) is 0 Å². The fourth-order valence-corrected chi connectivity index (χ4v) is 1.69. The van der Waals surface area contributed by atoms with Crippen LogP contribution < -0.4 is 5.32 Å². The molecule has 0 spiro atoms. The van der Waals surface area contributed by atoms with E-state index in [1.807, 2.05) is 5.38 Å². The van der Waals surface area contributed by atoms with E-state index in [0.717, 1.165) is 0 Å². The van der Waals surface area contributed by atoms with Gasteiger partial charge in [-0.2, -0.15) is 0 Å². The van der Waals surface area contributed by atoms with Crippen LogP contribution in [0.3, 0.4) is 0 Å². The van der Waals surface area contributed by atoms with Crippen LogP contribution in [-0.4, -0.2) is 23.0 Å². The topological polar surface area (TPSA) is 64.1 Å². The molecule has 5 nitrogen and oxygen atoms in total. The zero-order chi connectivity index (χ0) is 11.4. The van der Waals surface area contributed by atoms with Crippen molar-refractivity contribution in [3.63, 3.8) is 0 Å². The van der Waals surface area contributed by atoms with Crippen molar-refractivity contribution in [1.29, 1.82) is 0 Å². The Morgan fingerprint density at radius 1 is 1.44 bits per heavy atom. The second-order valence-electron chi connectivity index (χ2n) is 2.85. The van der Waals surface area contributed by atoms with Crippen LogP contribution in [0.15, 0.2) is 29.9 Å². The lowest BCUT2D eigenvalue weighted by Gasteiger charge is -2.06. The van der Waals surface area contributed by atoms with Crippen molar-refractivity contribution in [2.75, 3.05) is 12.4 Å². The van der Waals surface area contributed by atoms with Gasteiger partial charge in [0.15, 0.2) is 5.13 Å². The molecule has 0 saturated carbocycles. The lowest BCUT2D eigenvalue weighted by molar-refractivity contribution is 0.0601. The Morgan fingerprint density at radius 2 is 2.31 bits per heavy atom. The van der Waals surface area contributed by atoms with Crippen molar-refractivity contribution < 1.29 is 9.53 Å². The molecule has 0 saturated heterocycles. The van der Waals surface area contributed by atoms with E-state index in [2.05, 4.69) is 20.0 Å². The Kier molecular flexibility index (Phi) is 3.11. The van der Waals surface area contributed by atoms with Crippen LogP contribution in [0, 0.1) is 0 Å². The largest absolute Gasteiger partial charge is 0.465 e. The second-order valence-corrected chi connectivity index (χ2v) is 3.75. The number of methoxy groups -OCH3 is 1. The molecule has 0 radical (unpaired) electrons. The van der Waals surface area contributed by atoms with Gasteiger partial charge >= 0.3 is 5.97 Å². The number of hydrogen-bond acceptors (Lipinski definition) is 6. The summed E-state index contributed by atoms with van der Waals surface area (Å²) in [4.78, 5) is 19.6. The predicted molar refractivity (Wildman–Crippen MR) is 61.0 cm³/mol. The fourth-order valence-electron chi connectivity index (χ4n) is 1.17. The minimum Gasteiger partial charge on any atom is -0.465 e. The quantitative estimate of drug-likeness (QED) is 0.825. The van der Waals surface area contributed by atoms with Crippen molar-refractivity contribution in [2.45, 2.75) is 0 Å². The Labute approximate surface area is 96.1 Å². The number of carbonyl (C=O) groups is 1. The minimum absolute atomic E-state index is 0.389. The molecule has 0 aromatic carbocycles. The molecular weight excluding hydrogens is 226 g/mol. The van der Waals surface area contributed by atoms with E-state index in [4.69, 9.17) is 0 Å². The molecule has 16 heavy (non-hydrogen) atoms. The molecule has 2 aromatic heterocycles. The average Bonchev–Trinajstić information content (AvgIpc) is 2.82. The van der Waals surface area contributed by atoms with Gasteiger partial charge < -0.3 is 10.1 Å². The van der Waals surface area contributed by atoms with Gasteiger partial charge in [-0.3, -0.25) is 0 Å². The molecule has 0 bridgehead atoms. The van der Waals surface area contributed by atoms with E-state index in [9.17, 15) is 4.79 Å². The smallest absolute Gasteiger partial charge is 0.341 e. The molecule has 0 amide bonds. The molecule has 0 aliphatic carbocycles. The molecule has 1 N–H and O–H groups in total. The molecule has 2 rings (SSSR count). The van der Waals surface area contributed by atoms with Crippen LogP contribution in [0.2, 0.25) is 0 Å². The molecule has 82 valence electrons. The Balaban J connectivity index is 2.30. The highest BCUT2D eigenvalue weighted by molar-refractivity contribution is 7.13. The van der Waals surface area contributed by atoms with Crippen LogP contribution >= 0.6 is 11.3 Å². The predicted octanol–water partition coefficient (Wildman–Crippen LogP) is 2.07. The number of carbonyl (C=O) groups excluding carboxylic acids is 1. The molecule has 0 fully saturated rings. The van der Waals surface area contributed by atoms with E-state index in [0.29, 0.717) is 16.5 Å². The summed E-state index contributed by atoms with van der Waals surface area (Å²) in [5.41, 5.74) is 0.389. The molecule has 2 heterocycles. The van der Waals surface area contributed by atoms with E-state index in [1.165, 1.54) is 18.4 Å². The highest BCUT2D eigenvalue weighted by atomic mass is 32.1. The molecule has 0 aliphatic rings. The summed E-state index contributed by atoms with van der Waals surface area (Å²) < 4.78 is 4.66. The summed E-state index contributed by atoms with van der Waals surface area (Å²) in [7, 11) is 1.34. The SMILES string of the molecule is COC(=O)c1cccnc1Nc1nccs1. The van der Waals surface area contributed by atoms with Crippen LogP contribution in [-0.2, 0) is 4.74 Å². The molecule has 2 aromatic rings. The number of thiazole rings is 1. The molecular formula is C10H9N3O2S. The number of pyridine rings is 1. The molecule has 0 aliphatic heterocycles. The molecule has 0 atom stereocenters. The fraction of sp³-hybridized carbons (Fsp3) is 0.100. The van der Waals surface area contributed by atoms with Gasteiger partial charge in [0.05, 0.1) is 7.11 Å². The molecule has 6 heteroatoms. The number of esters is 1. The maximum Gasteiger partial charge on any atom is 0.341 e. The summed E-state index contributed by atoms with van der Waals surface area (Å²) in [6, 6.07) is 3.33. The third-order valence-electron chi connectivity index (χ3n) is 1.87. The second kappa shape index (κ2) is 4.71. The van der Waals surface area contributed by atoms with E-state index < -0.39 is 5.97 Å². The zero-order valence-corrected chi connectivity index (χ0v) is 9.32. The molecule has 0 unspecified atom stereocenters. The average molecular weight is 235 g/mol. The summed E-state index contributed by atoms with van der Waals surface area (Å²) in [6.45, 7) is 0. The van der Waals surface area contributed by atoms with E-state index in [-0.39, 0.29) is 0 Å². The minimum atomic E-state index is -0.424. The number of ether oxygens (including phenoxy) is 1. The summed E-state index contributed by atoms with van der Waals surface area (Å²) >= 11 is 1.43. The highest BCUT2D eigenvalue weighted by Crippen LogP contribution is 2.20. The highest BCUT2D eigenvalue weighted by Gasteiger charge is 2.12. The third-order valence-corrected chi connectivity index (χ3v) is 2.56. The van der Waals surface area contributed by atoms with Crippen molar-refractivity contribution in [2.24, 2.45) is 0 Å². The standard InChI is InChI=1S/C10H9N3O2S/c1-15-9(14)7-3-2-4-11-8(7)13-10-12-5-6-16-10/h2-6H,1H3,(H,11,12,13). The van der Waals surface area contributed by atoms with E-state index >= 15 is 0 Å². The van der Waals surface area contributed by atoms with Crippen molar-refractivity contribution in [3.8, 4) is 0 Å². The first-order valence-electron chi connectivity index (χ1n) is 4.51. The van der Waals surface area contributed by atoms with Gasteiger partial charge in [0.25, 0.3) is 0 Å². The normalized spacial score (nSPS) is 9.81. The Morgan fingerprint density at radius 3 is 3.00 bits per heavy atom. The van der Waals surface area contributed by atoms with Gasteiger partial charge in [0, 0.05) is 17.8 Å². The van der Waals surface area contributed by atoms with Crippen molar-refractivity contribution in [3.05, 3.63) is 35.5 Å². The van der Waals surface area contributed by atoms with Gasteiger partial charge in [-0.25, -0.2) is 14.8 Å². The summed E-state index contributed by atoms with van der Waals surface area (Å²) in [5.74, 6) is 0.0245. The van der Waals surface area contributed by atoms with Crippen molar-refractivity contribution >= 4 is 28.3 Å². The number of nitrogens with one attached hydrogen (secondary N) is 1. The van der Waals surface area contributed by atoms with Gasteiger partial charge in [0.1, 0.15) is 11.4 Å². The van der Waals surface area contributed by atoms with Crippen LogP contribution in [0.4, 0.5) is 10.9 Å². The zero-order valence-electron chi connectivity index (χ0n) is 8.51. The first-order chi connectivity index (χ1) is 7.81. The monoisotopic (exact) mass is 235 g/mol. The number of nitrogens with zero attached hydrogens (tertiary/aromatic N) is 2. The third kappa shape index (κ3) is 2.17. The summed E-state index contributed by atoms with van der Waals surface area (Å²) in [6.07, 6.45) is 3.27. The number of aromatic nitrogens is 2. The van der Waals surface area contributed by atoms with Gasteiger partial charge in [-0.05, 0) is 12.1 Å². The lowest BCUT2D eigenvalue weighted by atomic mass is 10.2. The Bertz CT molecular complexity index is 485. The lowest BCUT2D eigenvalue weighted by Crippen LogP contribution is -2.06. The van der Waals surface area contributed by atoms with Gasteiger partial charge in [-0.1, -0.05) is 0 Å². The van der Waals surface area contributed by atoms with E-state index in [1.54, 1.807) is 24.5 Å².